The van der Waals surface area contributed by atoms with E-state index in [9.17, 15) is 0 Å². The monoisotopic (exact) mass is 298 g/mol. The number of pyridine rings is 2. The highest BCUT2D eigenvalue weighted by Gasteiger charge is 2.13. The lowest BCUT2D eigenvalue weighted by molar-refractivity contribution is 0.875. The van der Waals surface area contributed by atoms with Crippen molar-refractivity contribution in [3.63, 3.8) is 0 Å². The molecule has 0 saturated carbocycles. The molecule has 4 nitrogen and oxygen atoms in total. The number of hydrogen-bond acceptors (Lipinski definition) is 4. The predicted octanol–water partition coefficient (Wildman–Crippen LogP) is 3.00. The summed E-state index contributed by atoms with van der Waals surface area (Å²) >= 11 is 1.61. The van der Waals surface area contributed by atoms with E-state index in [2.05, 4.69) is 28.4 Å². The summed E-state index contributed by atoms with van der Waals surface area (Å²) in [7, 11) is 0. The Morgan fingerprint density at radius 3 is 2.81 bits per heavy atom. The molecule has 0 radical (unpaired) electrons. The first kappa shape index (κ1) is 14.1. The Bertz CT molecular complexity index is 759. The third-order valence-corrected chi connectivity index (χ3v) is 4.19. The highest BCUT2D eigenvalue weighted by atomic mass is 32.2. The fraction of sp³-hybridized carbons (Fsp3) is 0.250. The first-order valence-electron chi connectivity index (χ1n) is 6.96. The Balaban J connectivity index is 2.04. The molecule has 3 heterocycles. The second kappa shape index (κ2) is 5.87. The van der Waals surface area contributed by atoms with E-state index >= 15 is 0 Å². The molecule has 2 N–H and O–H groups in total. The van der Waals surface area contributed by atoms with Gasteiger partial charge in [0.05, 0.1) is 5.69 Å². The fourth-order valence-corrected chi connectivity index (χ4v) is 3.52. The van der Waals surface area contributed by atoms with Gasteiger partial charge in [0.25, 0.3) is 0 Å². The molecule has 0 bridgehead atoms. The topological polar surface area (TPSA) is 56.2 Å². The standard InChI is InChI=1S/C16H18N4S/c1-11-9-12(2)18-15(10-11)21-16-13(6-7-17)20-8-4-3-5-14(20)19-16/h3-5,8-10H,6-7,17H2,1-2H3. The van der Waals surface area contributed by atoms with Crippen LogP contribution >= 0.6 is 11.8 Å². The molecule has 0 aliphatic carbocycles. The Hall–Kier alpha value is -1.85. The van der Waals surface area contributed by atoms with Crippen molar-refractivity contribution in [2.24, 2.45) is 5.73 Å². The Morgan fingerprint density at radius 2 is 2.05 bits per heavy atom. The average Bonchev–Trinajstić information content (AvgIpc) is 2.76. The molecule has 3 rings (SSSR count). The molecule has 3 aromatic heterocycles. The van der Waals surface area contributed by atoms with E-state index in [1.54, 1.807) is 11.8 Å². The van der Waals surface area contributed by atoms with Crippen molar-refractivity contribution in [1.82, 2.24) is 14.4 Å². The van der Waals surface area contributed by atoms with Crippen LogP contribution in [0, 0.1) is 13.8 Å². The third kappa shape index (κ3) is 2.94. The summed E-state index contributed by atoms with van der Waals surface area (Å²) in [5.74, 6) is 0. The van der Waals surface area contributed by atoms with Crippen molar-refractivity contribution >= 4 is 17.4 Å². The van der Waals surface area contributed by atoms with Gasteiger partial charge in [-0.3, -0.25) is 0 Å². The molecule has 0 amide bonds. The summed E-state index contributed by atoms with van der Waals surface area (Å²) < 4.78 is 2.11. The van der Waals surface area contributed by atoms with E-state index in [0.717, 1.165) is 33.5 Å². The van der Waals surface area contributed by atoms with Crippen molar-refractivity contribution in [2.45, 2.75) is 30.3 Å². The fourth-order valence-electron chi connectivity index (χ4n) is 2.43. The molecular formula is C16H18N4S. The van der Waals surface area contributed by atoms with Crippen LogP contribution in [0.25, 0.3) is 5.65 Å². The van der Waals surface area contributed by atoms with Crippen LogP contribution in [0.3, 0.4) is 0 Å². The molecule has 3 aromatic rings. The normalized spacial score (nSPS) is 11.2. The summed E-state index contributed by atoms with van der Waals surface area (Å²) in [6.07, 6.45) is 2.84. The minimum atomic E-state index is 0.608. The minimum absolute atomic E-state index is 0.608. The lowest BCUT2D eigenvalue weighted by Crippen LogP contribution is -2.06. The summed E-state index contributed by atoms with van der Waals surface area (Å²) in [5, 5.41) is 1.97. The average molecular weight is 298 g/mol. The van der Waals surface area contributed by atoms with Gasteiger partial charge in [-0.1, -0.05) is 6.07 Å². The summed E-state index contributed by atoms with van der Waals surface area (Å²) in [5.41, 5.74) is 10.1. The van der Waals surface area contributed by atoms with Crippen LogP contribution in [0.4, 0.5) is 0 Å². The molecule has 0 aromatic carbocycles. The van der Waals surface area contributed by atoms with Gasteiger partial charge in [-0.15, -0.1) is 0 Å². The van der Waals surface area contributed by atoms with Crippen LogP contribution in [0.5, 0.6) is 0 Å². The third-order valence-electron chi connectivity index (χ3n) is 3.25. The first-order valence-corrected chi connectivity index (χ1v) is 7.78. The number of nitrogens with two attached hydrogens (primary N) is 1. The molecule has 0 unspecified atom stereocenters. The highest BCUT2D eigenvalue weighted by molar-refractivity contribution is 7.99. The van der Waals surface area contributed by atoms with Gasteiger partial charge in [-0.2, -0.15) is 0 Å². The van der Waals surface area contributed by atoms with Gasteiger partial charge in [-0.25, -0.2) is 9.97 Å². The zero-order valence-electron chi connectivity index (χ0n) is 12.2. The van der Waals surface area contributed by atoms with Crippen LogP contribution in [-0.4, -0.2) is 20.9 Å². The lowest BCUT2D eigenvalue weighted by Gasteiger charge is -2.05. The molecule has 0 aliphatic heterocycles. The summed E-state index contributed by atoms with van der Waals surface area (Å²) in [6.45, 7) is 4.71. The van der Waals surface area contributed by atoms with Crippen LogP contribution in [0.15, 0.2) is 46.6 Å². The van der Waals surface area contributed by atoms with Crippen molar-refractivity contribution < 1.29 is 0 Å². The quantitative estimate of drug-likeness (QED) is 0.804. The van der Waals surface area contributed by atoms with Crippen molar-refractivity contribution in [1.29, 1.82) is 0 Å². The number of nitrogens with zero attached hydrogens (tertiary/aromatic N) is 3. The van der Waals surface area contributed by atoms with Gasteiger partial charge in [0.2, 0.25) is 0 Å². The van der Waals surface area contributed by atoms with E-state index in [-0.39, 0.29) is 0 Å². The van der Waals surface area contributed by atoms with E-state index in [0.29, 0.717) is 6.54 Å². The van der Waals surface area contributed by atoms with Crippen molar-refractivity contribution in [2.75, 3.05) is 6.54 Å². The maximum absolute atomic E-state index is 5.76. The SMILES string of the molecule is Cc1cc(C)nc(Sc2nc3ccccn3c2CCN)c1. The maximum atomic E-state index is 5.76. The second-order valence-electron chi connectivity index (χ2n) is 5.06. The van der Waals surface area contributed by atoms with Gasteiger partial charge in [0.15, 0.2) is 0 Å². The van der Waals surface area contributed by atoms with Gasteiger partial charge < -0.3 is 10.1 Å². The molecule has 108 valence electrons. The molecular weight excluding hydrogens is 280 g/mol. The Kier molecular flexibility index (Phi) is 3.94. The molecule has 0 spiro atoms. The van der Waals surface area contributed by atoms with E-state index in [4.69, 9.17) is 10.7 Å². The Morgan fingerprint density at radius 1 is 1.19 bits per heavy atom. The molecule has 0 atom stereocenters. The second-order valence-corrected chi connectivity index (χ2v) is 6.07. The molecule has 0 fully saturated rings. The molecule has 21 heavy (non-hydrogen) atoms. The largest absolute Gasteiger partial charge is 0.330 e. The van der Waals surface area contributed by atoms with Gasteiger partial charge >= 0.3 is 0 Å². The van der Waals surface area contributed by atoms with Crippen LogP contribution in [-0.2, 0) is 6.42 Å². The van der Waals surface area contributed by atoms with Gasteiger partial charge in [-0.05, 0) is 62.0 Å². The first-order chi connectivity index (χ1) is 10.2. The Labute approximate surface area is 128 Å². The summed E-state index contributed by atoms with van der Waals surface area (Å²) in [6, 6.07) is 10.2. The summed E-state index contributed by atoms with van der Waals surface area (Å²) in [4.78, 5) is 9.30. The number of rotatable bonds is 4. The number of hydrogen-bond donors (Lipinski definition) is 1. The number of imidazole rings is 1. The van der Waals surface area contributed by atoms with E-state index in [1.165, 1.54) is 5.56 Å². The molecule has 0 saturated heterocycles. The number of aromatic nitrogens is 3. The van der Waals surface area contributed by atoms with E-state index in [1.807, 2.05) is 31.3 Å². The highest BCUT2D eigenvalue weighted by Crippen LogP contribution is 2.30. The van der Waals surface area contributed by atoms with Crippen LogP contribution in [0.1, 0.15) is 17.0 Å². The maximum Gasteiger partial charge on any atom is 0.138 e. The molecule has 0 aliphatic rings. The van der Waals surface area contributed by atoms with Gasteiger partial charge in [0, 0.05) is 18.3 Å². The zero-order valence-corrected chi connectivity index (χ0v) is 13.0. The zero-order chi connectivity index (χ0) is 14.8. The number of aryl methyl sites for hydroxylation is 2. The van der Waals surface area contributed by atoms with Crippen LogP contribution < -0.4 is 5.73 Å². The van der Waals surface area contributed by atoms with Crippen molar-refractivity contribution in [3.8, 4) is 0 Å². The lowest BCUT2D eigenvalue weighted by atomic mass is 10.3. The predicted molar refractivity (Wildman–Crippen MR) is 85.8 cm³/mol. The smallest absolute Gasteiger partial charge is 0.138 e. The van der Waals surface area contributed by atoms with E-state index < -0.39 is 0 Å². The minimum Gasteiger partial charge on any atom is -0.330 e. The molecule has 5 heteroatoms. The van der Waals surface area contributed by atoms with Crippen molar-refractivity contribution in [3.05, 3.63) is 53.5 Å². The van der Waals surface area contributed by atoms with Crippen LogP contribution in [0.2, 0.25) is 0 Å². The number of fused-ring (bicyclic) bond motifs is 1. The van der Waals surface area contributed by atoms with Gasteiger partial charge in [0.1, 0.15) is 15.7 Å².